The van der Waals surface area contributed by atoms with Crippen LogP contribution in [-0.4, -0.2) is 41.0 Å². The van der Waals surface area contributed by atoms with Gasteiger partial charge in [0.25, 0.3) is 0 Å². The number of hydrogen-bond acceptors (Lipinski definition) is 2. The Morgan fingerprint density at radius 2 is 1.79 bits per heavy atom. The van der Waals surface area contributed by atoms with Crippen LogP contribution < -0.4 is 5.32 Å². The summed E-state index contributed by atoms with van der Waals surface area (Å²) in [5, 5.41) is 2.55. The lowest BCUT2D eigenvalue weighted by molar-refractivity contribution is -0.165. The van der Waals surface area contributed by atoms with Gasteiger partial charge in [-0.05, 0) is 19.8 Å². The molecule has 1 N–H and O–H groups in total. The number of hydrogen-bond donors (Lipinski definition) is 1. The van der Waals surface area contributed by atoms with Crippen molar-refractivity contribution in [2.45, 2.75) is 58.4 Å². The van der Waals surface area contributed by atoms with Gasteiger partial charge in [0.15, 0.2) is 0 Å². The normalized spacial score (nSPS) is 26.6. The average Bonchev–Trinajstić information content (AvgIpc) is 2.20. The van der Waals surface area contributed by atoms with Crippen molar-refractivity contribution in [3.05, 3.63) is 0 Å². The van der Waals surface area contributed by atoms with Crippen molar-refractivity contribution < 1.29 is 22.8 Å². The van der Waals surface area contributed by atoms with Gasteiger partial charge in [0.1, 0.15) is 12.1 Å². The van der Waals surface area contributed by atoms with Crippen LogP contribution in [0.5, 0.6) is 0 Å². The van der Waals surface area contributed by atoms with Crippen LogP contribution in [-0.2, 0) is 9.59 Å². The summed E-state index contributed by atoms with van der Waals surface area (Å²) in [6.45, 7) is 6.24. The number of rotatable bonds is 3. The molecule has 0 spiro atoms. The zero-order valence-corrected chi connectivity index (χ0v) is 11.4. The second kappa shape index (κ2) is 5.38. The minimum Gasteiger partial charge on any atom is -0.342 e. The van der Waals surface area contributed by atoms with Crippen LogP contribution in [0.2, 0.25) is 0 Å². The Balaban J connectivity index is 2.94. The largest absolute Gasteiger partial charge is 0.391 e. The van der Waals surface area contributed by atoms with E-state index in [1.165, 1.54) is 13.8 Å². The smallest absolute Gasteiger partial charge is 0.342 e. The van der Waals surface area contributed by atoms with E-state index in [2.05, 4.69) is 5.32 Å². The standard InChI is InChI=1S/C12H19F3N2O2/c1-6(2)9-11(19)17(8(4)10(18)16-9)7(3)5-12(13,14)15/h6-9H,5H2,1-4H3,(H,16,18). The predicted octanol–water partition coefficient (Wildman–Crippen LogP) is 1.70. The number of alkyl halides is 3. The lowest BCUT2D eigenvalue weighted by Gasteiger charge is -2.42. The fourth-order valence-electron chi connectivity index (χ4n) is 2.30. The molecule has 0 saturated carbocycles. The zero-order valence-electron chi connectivity index (χ0n) is 11.4. The molecule has 0 aromatic carbocycles. The molecule has 0 aliphatic carbocycles. The molecule has 1 aliphatic heterocycles. The number of nitrogens with zero attached hydrogens (tertiary/aromatic N) is 1. The highest BCUT2D eigenvalue weighted by Gasteiger charge is 2.44. The lowest BCUT2D eigenvalue weighted by atomic mass is 9.96. The SMILES string of the molecule is CC(C)C1NC(=O)C(C)N(C(C)CC(F)(F)F)C1=O. The highest BCUT2D eigenvalue weighted by Crippen LogP contribution is 2.27. The second-order valence-electron chi connectivity index (χ2n) is 5.32. The highest BCUT2D eigenvalue weighted by molar-refractivity contribution is 5.97. The Morgan fingerprint density at radius 1 is 1.26 bits per heavy atom. The van der Waals surface area contributed by atoms with E-state index in [9.17, 15) is 22.8 Å². The minimum absolute atomic E-state index is 0.162. The van der Waals surface area contributed by atoms with Gasteiger partial charge in [-0.3, -0.25) is 9.59 Å². The summed E-state index contributed by atoms with van der Waals surface area (Å²) in [7, 11) is 0. The summed E-state index contributed by atoms with van der Waals surface area (Å²) >= 11 is 0. The first-order valence-corrected chi connectivity index (χ1v) is 6.24. The molecule has 1 fully saturated rings. The van der Waals surface area contributed by atoms with Crippen molar-refractivity contribution in [1.82, 2.24) is 10.2 Å². The number of amides is 2. The van der Waals surface area contributed by atoms with Gasteiger partial charge in [-0.2, -0.15) is 13.2 Å². The summed E-state index contributed by atoms with van der Waals surface area (Å²) in [6, 6.07) is -2.67. The van der Waals surface area contributed by atoms with Crippen LogP contribution >= 0.6 is 0 Å². The Kier molecular flexibility index (Phi) is 4.47. The number of carbonyl (C=O) groups is 2. The summed E-state index contributed by atoms with van der Waals surface area (Å²) in [5.41, 5.74) is 0. The van der Waals surface area contributed by atoms with E-state index >= 15 is 0 Å². The van der Waals surface area contributed by atoms with E-state index in [-0.39, 0.29) is 5.92 Å². The van der Waals surface area contributed by atoms with E-state index in [0.717, 1.165) is 4.90 Å². The van der Waals surface area contributed by atoms with Gasteiger partial charge in [-0.25, -0.2) is 0 Å². The Morgan fingerprint density at radius 3 is 2.21 bits per heavy atom. The predicted molar refractivity (Wildman–Crippen MR) is 63.2 cm³/mol. The first kappa shape index (κ1) is 15.8. The van der Waals surface area contributed by atoms with Gasteiger partial charge in [-0.15, -0.1) is 0 Å². The van der Waals surface area contributed by atoms with Crippen molar-refractivity contribution >= 4 is 11.8 Å². The van der Waals surface area contributed by atoms with Crippen LogP contribution in [0.3, 0.4) is 0 Å². The molecule has 3 unspecified atom stereocenters. The van der Waals surface area contributed by atoms with E-state index in [0.29, 0.717) is 0 Å². The average molecular weight is 280 g/mol. The number of nitrogens with one attached hydrogen (secondary N) is 1. The molecule has 4 nitrogen and oxygen atoms in total. The van der Waals surface area contributed by atoms with Crippen molar-refractivity contribution in [3.63, 3.8) is 0 Å². The molecule has 2 amide bonds. The van der Waals surface area contributed by atoms with Crippen molar-refractivity contribution in [2.24, 2.45) is 5.92 Å². The Hall–Kier alpha value is -1.27. The summed E-state index contributed by atoms with van der Waals surface area (Å²) < 4.78 is 37.3. The van der Waals surface area contributed by atoms with Crippen LogP contribution in [0.15, 0.2) is 0 Å². The lowest BCUT2D eigenvalue weighted by Crippen LogP contribution is -2.66. The van der Waals surface area contributed by atoms with Gasteiger partial charge in [0.2, 0.25) is 11.8 Å². The number of piperazine rings is 1. The molecule has 1 rings (SSSR count). The van der Waals surface area contributed by atoms with Crippen LogP contribution in [0.25, 0.3) is 0 Å². The maximum absolute atomic E-state index is 12.4. The molecular weight excluding hydrogens is 261 g/mol. The van der Waals surface area contributed by atoms with Crippen LogP contribution in [0, 0.1) is 5.92 Å². The Labute approximate surface area is 110 Å². The number of halogens is 3. The molecule has 110 valence electrons. The topological polar surface area (TPSA) is 49.4 Å². The molecule has 1 aliphatic rings. The summed E-state index contributed by atoms with van der Waals surface area (Å²) in [4.78, 5) is 25.0. The second-order valence-corrected chi connectivity index (χ2v) is 5.32. The quantitative estimate of drug-likeness (QED) is 0.855. The van der Waals surface area contributed by atoms with Crippen molar-refractivity contribution in [2.75, 3.05) is 0 Å². The summed E-state index contributed by atoms with van der Waals surface area (Å²) in [6.07, 6.45) is -5.47. The first-order valence-electron chi connectivity index (χ1n) is 6.24. The van der Waals surface area contributed by atoms with Gasteiger partial charge < -0.3 is 10.2 Å². The molecular formula is C12H19F3N2O2. The minimum atomic E-state index is -4.36. The van der Waals surface area contributed by atoms with Crippen LogP contribution in [0.4, 0.5) is 13.2 Å². The monoisotopic (exact) mass is 280 g/mol. The third kappa shape index (κ3) is 3.61. The third-order valence-electron chi connectivity index (χ3n) is 3.28. The van der Waals surface area contributed by atoms with Crippen molar-refractivity contribution in [3.8, 4) is 0 Å². The molecule has 1 heterocycles. The molecule has 0 aromatic heterocycles. The summed E-state index contributed by atoms with van der Waals surface area (Å²) in [5.74, 6) is -1.02. The molecule has 0 radical (unpaired) electrons. The van der Waals surface area contributed by atoms with Crippen LogP contribution in [0.1, 0.15) is 34.1 Å². The van der Waals surface area contributed by atoms with E-state index in [1.807, 2.05) is 0 Å². The maximum atomic E-state index is 12.4. The molecule has 1 saturated heterocycles. The first-order chi connectivity index (χ1) is 8.54. The third-order valence-corrected chi connectivity index (χ3v) is 3.28. The highest BCUT2D eigenvalue weighted by atomic mass is 19.4. The Bertz CT molecular complexity index is 368. The number of carbonyl (C=O) groups excluding carboxylic acids is 2. The molecule has 3 atom stereocenters. The van der Waals surface area contributed by atoms with Gasteiger partial charge >= 0.3 is 6.18 Å². The maximum Gasteiger partial charge on any atom is 0.391 e. The zero-order chi connectivity index (χ0) is 15.0. The van der Waals surface area contributed by atoms with Gasteiger partial charge in [0.05, 0.1) is 6.42 Å². The fraction of sp³-hybridized carbons (Fsp3) is 0.833. The fourth-order valence-corrected chi connectivity index (χ4v) is 2.30. The molecule has 19 heavy (non-hydrogen) atoms. The molecule has 7 heteroatoms. The molecule has 0 bridgehead atoms. The van der Waals surface area contributed by atoms with Crippen molar-refractivity contribution in [1.29, 1.82) is 0 Å². The van der Waals surface area contributed by atoms with E-state index in [4.69, 9.17) is 0 Å². The van der Waals surface area contributed by atoms with Gasteiger partial charge in [-0.1, -0.05) is 13.8 Å². The van der Waals surface area contributed by atoms with E-state index < -0.39 is 42.5 Å². The van der Waals surface area contributed by atoms with E-state index in [1.54, 1.807) is 13.8 Å². The molecule has 0 aromatic rings. The van der Waals surface area contributed by atoms with Gasteiger partial charge in [0, 0.05) is 6.04 Å².